The number of aromatic nitrogens is 3. The molecule has 0 radical (unpaired) electrons. The number of ether oxygens (including phenoxy) is 2. The smallest absolute Gasteiger partial charge is 0.148 e. The molecule has 3 aromatic rings. The molecule has 188 valence electrons. The molecule has 6 nitrogen and oxygen atoms in total. The van der Waals surface area contributed by atoms with Gasteiger partial charge in [0.05, 0.1) is 17.6 Å². The third kappa shape index (κ3) is 4.67. The topological polar surface area (TPSA) is 52.4 Å². The summed E-state index contributed by atoms with van der Waals surface area (Å²) < 4.78 is 14.5. The molecule has 1 aliphatic heterocycles. The van der Waals surface area contributed by atoms with E-state index in [2.05, 4.69) is 81.2 Å². The SMILES string of the molecule is CC(C)S(COCOC1CCN(c2ccc3c4cnccc4n(C)c3n2)CC1)(C(C)C)C(C)C. The van der Waals surface area contributed by atoms with Gasteiger partial charge < -0.3 is 18.9 Å². The molecule has 0 aromatic carbocycles. The van der Waals surface area contributed by atoms with Crippen LogP contribution in [0.2, 0.25) is 0 Å². The highest BCUT2D eigenvalue weighted by Crippen LogP contribution is 2.60. The van der Waals surface area contributed by atoms with Gasteiger partial charge in [0.15, 0.2) is 0 Å². The summed E-state index contributed by atoms with van der Waals surface area (Å²) in [6, 6.07) is 6.38. The molecule has 1 aliphatic rings. The van der Waals surface area contributed by atoms with Gasteiger partial charge in [-0.05, 0) is 46.8 Å². The van der Waals surface area contributed by atoms with E-state index < -0.39 is 10.0 Å². The highest BCUT2D eigenvalue weighted by Gasteiger charge is 2.35. The zero-order valence-electron chi connectivity index (χ0n) is 22.0. The number of pyridine rings is 2. The Morgan fingerprint density at radius 3 is 2.29 bits per heavy atom. The van der Waals surface area contributed by atoms with Crippen LogP contribution in [0.5, 0.6) is 0 Å². The Labute approximate surface area is 206 Å². The minimum atomic E-state index is -0.850. The Bertz CT molecular complexity index is 1080. The summed E-state index contributed by atoms with van der Waals surface area (Å²) in [6.07, 6.45) is 6.02. The third-order valence-electron chi connectivity index (χ3n) is 7.70. The Morgan fingerprint density at radius 1 is 0.971 bits per heavy atom. The molecule has 1 fully saturated rings. The van der Waals surface area contributed by atoms with Crippen LogP contribution in [0.25, 0.3) is 21.9 Å². The van der Waals surface area contributed by atoms with Crippen LogP contribution < -0.4 is 4.90 Å². The quantitative estimate of drug-likeness (QED) is 0.271. The van der Waals surface area contributed by atoms with E-state index in [1.165, 1.54) is 5.52 Å². The minimum Gasteiger partial charge on any atom is -0.356 e. The molecular formula is C27H42N4O2S. The molecule has 0 aliphatic carbocycles. The van der Waals surface area contributed by atoms with Crippen molar-refractivity contribution in [2.75, 3.05) is 30.7 Å². The summed E-state index contributed by atoms with van der Waals surface area (Å²) in [4.78, 5) is 11.7. The Balaban J connectivity index is 1.32. The van der Waals surface area contributed by atoms with E-state index in [1.54, 1.807) is 0 Å². The highest BCUT2D eigenvalue weighted by atomic mass is 32.3. The Kier molecular flexibility index (Phi) is 7.75. The third-order valence-corrected chi connectivity index (χ3v) is 13.5. The van der Waals surface area contributed by atoms with Gasteiger partial charge in [0.25, 0.3) is 0 Å². The first-order chi connectivity index (χ1) is 16.3. The van der Waals surface area contributed by atoms with Crippen molar-refractivity contribution in [3.63, 3.8) is 0 Å². The first kappa shape index (κ1) is 25.3. The van der Waals surface area contributed by atoms with Crippen molar-refractivity contribution in [3.05, 3.63) is 30.6 Å². The van der Waals surface area contributed by atoms with Gasteiger partial charge >= 0.3 is 0 Å². The number of nitrogens with zero attached hydrogens (tertiary/aromatic N) is 4. The average molecular weight is 487 g/mol. The summed E-state index contributed by atoms with van der Waals surface area (Å²) in [5, 5.41) is 4.27. The van der Waals surface area contributed by atoms with Gasteiger partial charge in [-0.1, -0.05) is 41.5 Å². The lowest BCUT2D eigenvalue weighted by Gasteiger charge is -2.50. The van der Waals surface area contributed by atoms with Gasteiger partial charge in [-0.2, -0.15) is 0 Å². The maximum Gasteiger partial charge on any atom is 0.148 e. The van der Waals surface area contributed by atoms with E-state index in [0.29, 0.717) is 22.5 Å². The molecule has 4 rings (SSSR count). The van der Waals surface area contributed by atoms with Gasteiger partial charge in [-0.25, -0.2) is 15.0 Å². The maximum atomic E-state index is 6.17. The van der Waals surface area contributed by atoms with Gasteiger partial charge in [-0.3, -0.25) is 4.98 Å². The standard InChI is InChI=1S/C27H42N4O2S/c1-19(2)34(20(3)4,21(5)6)18-32-17-33-22-11-14-31(15-12-22)26-9-8-23-24-16-28-13-10-25(24)30(7)27(23)29-26/h8-10,13,16,19-22H,11-12,14-15,17-18H2,1-7H3. The average Bonchev–Trinajstić information content (AvgIpc) is 3.10. The fourth-order valence-electron chi connectivity index (χ4n) is 5.70. The summed E-state index contributed by atoms with van der Waals surface area (Å²) in [5.41, 5.74) is 2.18. The summed E-state index contributed by atoms with van der Waals surface area (Å²) in [7, 11) is 1.23. The molecule has 7 heteroatoms. The number of anilines is 1. The largest absolute Gasteiger partial charge is 0.356 e. The van der Waals surface area contributed by atoms with Gasteiger partial charge in [0, 0.05) is 43.3 Å². The normalized spacial score (nSPS) is 16.6. The summed E-state index contributed by atoms with van der Waals surface area (Å²) in [5.74, 6) is 1.88. The molecule has 34 heavy (non-hydrogen) atoms. The van der Waals surface area contributed by atoms with Crippen molar-refractivity contribution in [1.29, 1.82) is 0 Å². The monoisotopic (exact) mass is 486 g/mol. The van der Waals surface area contributed by atoms with Crippen LogP contribution in [0.1, 0.15) is 54.4 Å². The second-order valence-corrected chi connectivity index (χ2v) is 15.2. The molecule has 4 heterocycles. The summed E-state index contributed by atoms with van der Waals surface area (Å²) >= 11 is 0. The lowest BCUT2D eigenvalue weighted by atomic mass is 10.1. The molecule has 1 saturated heterocycles. The molecule has 0 unspecified atom stereocenters. The van der Waals surface area contributed by atoms with Gasteiger partial charge in [0.1, 0.15) is 18.3 Å². The number of piperidine rings is 1. The first-order valence-electron chi connectivity index (χ1n) is 12.7. The van der Waals surface area contributed by atoms with Crippen molar-refractivity contribution >= 4 is 37.8 Å². The first-order valence-corrected chi connectivity index (χ1v) is 14.7. The zero-order valence-corrected chi connectivity index (χ0v) is 22.8. The fraction of sp³-hybridized carbons (Fsp3) is 0.630. The molecule has 0 saturated carbocycles. The van der Waals surface area contributed by atoms with Gasteiger partial charge in [-0.15, -0.1) is 0 Å². The van der Waals surface area contributed by atoms with Crippen molar-refractivity contribution in [1.82, 2.24) is 14.5 Å². The van der Waals surface area contributed by atoms with Crippen LogP contribution in [0.15, 0.2) is 30.6 Å². The van der Waals surface area contributed by atoms with E-state index in [1.807, 2.05) is 12.4 Å². The van der Waals surface area contributed by atoms with Crippen LogP contribution in [-0.4, -0.2) is 62.2 Å². The van der Waals surface area contributed by atoms with Crippen LogP contribution in [0.3, 0.4) is 0 Å². The molecule has 0 atom stereocenters. The van der Waals surface area contributed by atoms with Crippen molar-refractivity contribution in [2.24, 2.45) is 7.05 Å². The van der Waals surface area contributed by atoms with Crippen LogP contribution >= 0.6 is 10.0 Å². The Morgan fingerprint density at radius 2 is 1.65 bits per heavy atom. The summed E-state index contributed by atoms with van der Waals surface area (Å²) in [6.45, 7) is 16.4. The van der Waals surface area contributed by atoms with Crippen LogP contribution in [-0.2, 0) is 16.5 Å². The van der Waals surface area contributed by atoms with Gasteiger partial charge in [0.2, 0.25) is 0 Å². The van der Waals surface area contributed by atoms with Crippen molar-refractivity contribution < 1.29 is 9.47 Å². The predicted molar refractivity (Wildman–Crippen MR) is 146 cm³/mol. The molecule has 0 amide bonds. The molecular weight excluding hydrogens is 444 g/mol. The van der Waals surface area contributed by atoms with E-state index >= 15 is 0 Å². The molecule has 0 N–H and O–H groups in total. The van der Waals surface area contributed by atoms with Crippen molar-refractivity contribution in [3.8, 4) is 0 Å². The number of hydrogen-bond donors (Lipinski definition) is 0. The fourth-order valence-corrected chi connectivity index (χ4v) is 10.1. The number of hydrogen-bond acceptors (Lipinski definition) is 5. The van der Waals surface area contributed by atoms with Crippen LogP contribution in [0.4, 0.5) is 5.82 Å². The Hall–Kier alpha value is -1.83. The second-order valence-electron chi connectivity index (χ2n) is 10.3. The van der Waals surface area contributed by atoms with Crippen molar-refractivity contribution in [2.45, 2.75) is 76.2 Å². The maximum absolute atomic E-state index is 6.17. The number of rotatable bonds is 9. The number of fused-ring (bicyclic) bond motifs is 3. The lowest BCUT2D eigenvalue weighted by molar-refractivity contribution is -0.0831. The lowest BCUT2D eigenvalue weighted by Crippen LogP contribution is -2.38. The van der Waals surface area contributed by atoms with E-state index in [-0.39, 0.29) is 6.10 Å². The minimum absolute atomic E-state index is 0.255. The molecule has 3 aromatic heterocycles. The zero-order chi connectivity index (χ0) is 24.5. The van der Waals surface area contributed by atoms with E-state index in [9.17, 15) is 0 Å². The van der Waals surface area contributed by atoms with E-state index in [0.717, 1.165) is 54.1 Å². The predicted octanol–water partition coefficient (Wildman–Crippen LogP) is 6.07. The number of aryl methyl sites for hydroxylation is 1. The van der Waals surface area contributed by atoms with Crippen LogP contribution in [0, 0.1) is 0 Å². The molecule has 0 bridgehead atoms. The second kappa shape index (κ2) is 10.4. The molecule has 0 spiro atoms. The van der Waals surface area contributed by atoms with E-state index in [4.69, 9.17) is 14.5 Å². The highest BCUT2D eigenvalue weighted by molar-refractivity contribution is 8.34.